The average molecular weight is 385 g/mol. The van der Waals surface area contributed by atoms with Gasteiger partial charge in [0, 0.05) is 30.0 Å². The van der Waals surface area contributed by atoms with Gasteiger partial charge in [0.05, 0.1) is 11.1 Å². The summed E-state index contributed by atoms with van der Waals surface area (Å²) in [4.78, 5) is 6.97. The van der Waals surface area contributed by atoms with Crippen LogP contribution >= 0.6 is 12.4 Å². The molecular weight excluding hydrogens is 360 g/mol. The van der Waals surface area contributed by atoms with Crippen molar-refractivity contribution in [3.8, 4) is 5.75 Å². The van der Waals surface area contributed by atoms with Gasteiger partial charge in [0.25, 0.3) is 0 Å². The second-order valence-electron chi connectivity index (χ2n) is 7.60. The van der Waals surface area contributed by atoms with Gasteiger partial charge in [0.15, 0.2) is 0 Å². The molecule has 3 aromatic rings. The number of hydrogen-bond acceptors (Lipinski definition) is 4. The van der Waals surface area contributed by atoms with Crippen LogP contribution in [0.2, 0.25) is 0 Å². The number of halogens is 1. The van der Waals surface area contributed by atoms with E-state index >= 15 is 0 Å². The van der Waals surface area contributed by atoms with Crippen molar-refractivity contribution in [2.24, 2.45) is 5.92 Å². The van der Waals surface area contributed by atoms with Crippen LogP contribution < -0.4 is 0 Å². The van der Waals surface area contributed by atoms with Crippen LogP contribution in [0.15, 0.2) is 54.6 Å². The van der Waals surface area contributed by atoms with Crippen LogP contribution in [-0.4, -0.2) is 40.7 Å². The van der Waals surface area contributed by atoms with Crippen molar-refractivity contribution in [2.75, 3.05) is 20.6 Å². The highest BCUT2D eigenvalue weighted by Gasteiger charge is 2.43. The molecule has 2 N–H and O–H groups in total. The predicted octanol–water partition coefficient (Wildman–Crippen LogP) is 3.53. The fraction of sp³-hybridized carbons (Fsp3) is 0.318. The minimum absolute atomic E-state index is 0. The summed E-state index contributed by atoms with van der Waals surface area (Å²) in [5.74, 6) is 0.183. The van der Waals surface area contributed by atoms with Gasteiger partial charge < -0.3 is 15.1 Å². The maximum atomic E-state index is 11.7. The monoisotopic (exact) mass is 384 g/mol. The number of aliphatic hydroxyl groups is 1. The zero-order chi connectivity index (χ0) is 18.3. The van der Waals surface area contributed by atoms with E-state index in [4.69, 9.17) is 4.98 Å². The van der Waals surface area contributed by atoms with Gasteiger partial charge in [-0.05, 0) is 55.9 Å². The maximum Gasteiger partial charge on any atom is 0.115 e. The first-order valence-electron chi connectivity index (χ1n) is 9.00. The van der Waals surface area contributed by atoms with E-state index in [1.165, 1.54) is 0 Å². The molecule has 4 nitrogen and oxygen atoms in total. The van der Waals surface area contributed by atoms with Crippen LogP contribution in [-0.2, 0) is 18.4 Å². The third-order valence-electron chi connectivity index (χ3n) is 5.40. The zero-order valence-corrected chi connectivity index (χ0v) is 16.4. The van der Waals surface area contributed by atoms with Gasteiger partial charge in [0.2, 0.25) is 0 Å². The number of nitrogens with zero attached hydrogens (tertiary/aromatic N) is 2. The lowest BCUT2D eigenvalue weighted by molar-refractivity contribution is -0.0400. The Balaban J connectivity index is 0.00000210. The van der Waals surface area contributed by atoms with Crippen LogP contribution in [0.4, 0.5) is 0 Å². The number of phenolic OH excluding ortho intramolecular Hbond substituents is 1. The lowest BCUT2D eigenvalue weighted by Crippen LogP contribution is -2.46. The summed E-state index contributed by atoms with van der Waals surface area (Å²) in [6.07, 6.45) is 1.21. The molecule has 1 aromatic heterocycles. The van der Waals surface area contributed by atoms with Gasteiger partial charge in [-0.3, -0.25) is 4.98 Å². The van der Waals surface area contributed by atoms with Crippen LogP contribution in [0.5, 0.6) is 5.75 Å². The lowest BCUT2D eigenvalue weighted by atomic mass is 9.70. The Morgan fingerprint density at radius 3 is 2.63 bits per heavy atom. The van der Waals surface area contributed by atoms with Gasteiger partial charge in [-0.2, -0.15) is 0 Å². The van der Waals surface area contributed by atoms with E-state index in [-0.39, 0.29) is 24.1 Å². The van der Waals surface area contributed by atoms with Crippen molar-refractivity contribution in [3.05, 3.63) is 71.4 Å². The molecule has 5 heteroatoms. The van der Waals surface area contributed by atoms with Crippen LogP contribution in [0, 0.1) is 5.92 Å². The van der Waals surface area contributed by atoms with Crippen LogP contribution in [0.1, 0.15) is 16.8 Å². The molecule has 0 saturated heterocycles. The molecule has 142 valence electrons. The van der Waals surface area contributed by atoms with Gasteiger partial charge in [-0.1, -0.05) is 30.3 Å². The fourth-order valence-electron chi connectivity index (χ4n) is 4.14. The van der Waals surface area contributed by atoms with E-state index in [0.717, 1.165) is 34.3 Å². The molecule has 0 fully saturated rings. The van der Waals surface area contributed by atoms with Crippen LogP contribution in [0.25, 0.3) is 10.9 Å². The molecule has 4 rings (SSSR count). The average Bonchev–Trinajstić information content (AvgIpc) is 2.60. The number of fused-ring (bicyclic) bond motifs is 2. The summed E-state index contributed by atoms with van der Waals surface area (Å²) in [6, 6.07) is 17.3. The molecule has 1 aliphatic rings. The lowest BCUT2D eigenvalue weighted by Gasteiger charge is -2.42. The number of benzene rings is 2. The summed E-state index contributed by atoms with van der Waals surface area (Å²) in [6.45, 7) is 0.750. The SMILES string of the molecule is CN(C)CC1Cc2nc3ccccc3cc2CC1(O)c1cccc(O)c1.Cl. The molecule has 2 atom stereocenters. The molecule has 0 saturated carbocycles. The number of rotatable bonds is 3. The quantitative estimate of drug-likeness (QED) is 0.725. The minimum atomic E-state index is -1.03. The Bertz CT molecular complexity index is 960. The van der Waals surface area contributed by atoms with Gasteiger partial charge in [-0.25, -0.2) is 0 Å². The smallest absolute Gasteiger partial charge is 0.115 e. The summed E-state index contributed by atoms with van der Waals surface area (Å²) in [5.41, 5.74) is 2.89. The highest BCUT2D eigenvalue weighted by molar-refractivity contribution is 5.85. The van der Waals surface area contributed by atoms with E-state index in [0.29, 0.717) is 12.8 Å². The number of aromatic hydroxyl groups is 1. The van der Waals surface area contributed by atoms with Crippen molar-refractivity contribution in [2.45, 2.75) is 18.4 Å². The fourth-order valence-corrected chi connectivity index (χ4v) is 4.14. The third-order valence-corrected chi connectivity index (χ3v) is 5.40. The van der Waals surface area contributed by atoms with E-state index in [1.807, 2.05) is 38.4 Å². The third kappa shape index (κ3) is 3.65. The highest BCUT2D eigenvalue weighted by Crippen LogP contribution is 2.42. The first kappa shape index (κ1) is 19.6. The molecule has 0 aliphatic heterocycles. The largest absolute Gasteiger partial charge is 0.508 e. The van der Waals surface area contributed by atoms with E-state index in [2.05, 4.69) is 17.0 Å². The topological polar surface area (TPSA) is 56.6 Å². The number of para-hydroxylation sites is 1. The molecule has 0 radical (unpaired) electrons. The Kier molecular flexibility index (Phi) is 5.43. The van der Waals surface area contributed by atoms with Gasteiger partial charge >= 0.3 is 0 Å². The van der Waals surface area contributed by atoms with Crippen molar-refractivity contribution in [1.82, 2.24) is 9.88 Å². The number of pyridine rings is 1. The van der Waals surface area contributed by atoms with Crippen LogP contribution in [0.3, 0.4) is 0 Å². The predicted molar refractivity (Wildman–Crippen MR) is 110 cm³/mol. The summed E-state index contributed by atoms with van der Waals surface area (Å²) >= 11 is 0. The Morgan fingerprint density at radius 1 is 1.11 bits per heavy atom. The number of hydrogen-bond donors (Lipinski definition) is 2. The molecule has 0 amide bonds. The highest BCUT2D eigenvalue weighted by atomic mass is 35.5. The first-order valence-corrected chi connectivity index (χ1v) is 9.00. The second-order valence-corrected chi connectivity index (χ2v) is 7.60. The van der Waals surface area contributed by atoms with Gasteiger partial charge in [-0.15, -0.1) is 12.4 Å². The standard InChI is InChI=1S/C22H24N2O2.ClH/c1-24(2)14-18-12-21-16(10-15-6-3-4-9-20(15)23-21)13-22(18,26)17-7-5-8-19(25)11-17;/h3-11,18,25-26H,12-14H2,1-2H3;1H. The van der Waals surface area contributed by atoms with E-state index in [1.54, 1.807) is 18.2 Å². The molecule has 2 unspecified atom stereocenters. The molecule has 0 spiro atoms. The molecule has 1 aliphatic carbocycles. The van der Waals surface area contributed by atoms with Crippen molar-refractivity contribution in [3.63, 3.8) is 0 Å². The molecule has 0 bridgehead atoms. The number of phenols is 1. The molecule has 27 heavy (non-hydrogen) atoms. The number of aromatic nitrogens is 1. The van der Waals surface area contributed by atoms with E-state index < -0.39 is 5.60 Å². The molecular formula is C22H25ClN2O2. The Morgan fingerprint density at radius 2 is 1.89 bits per heavy atom. The van der Waals surface area contributed by atoms with Crippen molar-refractivity contribution >= 4 is 23.3 Å². The molecule has 2 aromatic carbocycles. The molecule has 1 heterocycles. The minimum Gasteiger partial charge on any atom is -0.508 e. The van der Waals surface area contributed by atoms with Gasteiger partial charge in [0.1, 0.15) is 5.75 Å². The van der Waals surface area contributed by atoms with E-state index in [9.17, 15) is 10.2 Å². The normalized spacial score (nSPS) is 21.7. The summed E-state index contributed by atoms with van der Waals surface area (Å²) in [5, 5.41) is 22.8. The summed E-state index contributed by atoms with van der Waals surface area (Å²) in [7, 11) is 4.04. The second kappa shape index (κ2) is 7.47. The first-order chi connectivity index (χ1) is 12.5. The Hall–Kier alpha value is -2.14. The Labute approximate surface area is 165 Å². The zero-order valence-electron chi connectivity index (χ0n) is 15.6. The summed E-state index contributed by atoms with van der Waals surface area (Å²) < 4.78 is 0. The van der Waals surface area contributed by atoms with Crippen molar-refractivity contribution in [1.29, 1.82) is 0 Å². The van der Waals surface area contributed by atoms with Crippen molar-refractivity contribution < 1.29 is 10.2 Å². The maximum absolute atomic E-state index is 11.7.